The minimum atomic E-state index is 0.765. The van der Waals surface area contributed by atoms with Crippen LogP contribution in [0.25, 0.3) is 0 Å². The molecule has 1 aliphatic rings. The molecule has 0 saturated carbocycles. The zero-order valence-corrected chi connectivity index (χ0v) is 13.2. The number of ether oxygens (including phenoxy) is 1. The first-order chi connectivity index (χ1) is 9.65. The first-order valence-corrected chi connectivity index (χ1v) is 7.51. The van der Waals surface area contributed by atoms with Crippen molar-refractivity contribution in [3.63, 3.8) is 0 Å². The normalized spacial score (nSPS) is 20.1. The molecule has 112 valence electrons. The van der Waals surface area contributed by atoms with Gasteiger partial charge in [0, 0.05) is 30.4 Å². The summed E-state index contributed by atoms with van der Waals surface area (Å²) in [6.45, 7) is 8.55. The molecule has 1 N–H and O–H groups in total. The van der Waals surface area contributed by atoms with Gasteiger partial charge in [0.05, 0.1) is 12.8 Å². The average molecular weight is 277 g/mol. The second-order valence-corrected chi connectivity index (χ2v) is 5.85. The third kappa shape index (κ3) is 3.49. The summed E-state index contributed by atoms with van der Waals surface area (Å²) in [5, 5.41) is 3.30. The SMILES string of the molecule is CNCC1CCCN(Cc2ncc(C)c(OC)c2C)C1. The van der Waals surface area contributed by atoms with E-state index in [9.17, 15) is 0 Å². The molecule has 0 amide bonds. The van der Waals surface area contributed by atoms with Gasteiger partial charge in [-0.15, -0.1) is 0 Å². The number of hydrogen-bond acceptors (Lipinski definition) is 4. The Morgan fingerprint density at radius 2 is 2.25 bits per heavy atom. The number of rotatable bonds is 5. The van der Waals surface area contributed by atoms with Gasteiger partial charge in [0.15, 0.2) is 0 Å². The Morgan fingerprint density at radius 3 is 2.95 bits per heavy atom. The Kier molecular flexibility index (Phi) is 5.38. The van der Waals surface area contributed by atoms with Crippen LogP contribution in [0.4, 0.5) is 0 Å². The number of likely N-dealkylation sites (tertiary alicyclic amines) is 1. The fourth-order valence-electron chi connectivity index (χ4n) is 3.19. The van der Waals surface area contributed by atoms with E-state index in [0.717, 1.165) is 42.6 Å². The molecule has 2 heterocycles. The summed E-state index contributed by atoms with van der Waals surface area (Å²) in [6.07, 6.45) is 4.55. The molecule has 20 heavy (non-hydrogen) atoms. The monoisotopic (exact) mass is 277 g/mol. The van der Waals surface area contributed by atoms with Gasteiger partial charge in [-0.05, 0) is 52.7 Å². The number of methoxy groups -OCH3 is 1. The summed E-state index contributed by atoms with van der Waals surface area (Å²) in [5.74, 6) is 1.75. The summed E-state index contributed by atoms with van der Waals surface area (Å²) in [4.78, 5) is 7.14. The van der Waals surface area contributed by atoms with Gasteiger partial charge in [0.2, 0.25) is 0 Å². The average Bonchev–Trinajstić information content (AvgIpc) is 2.43. The summed E-state index contributed by atoms with van der Waals surface area (Å²) < 4.78 is 5.50. The van der Waals surface area contributed by atoms with Crippen molar-refractivity contribution in [2.75, 3.05) is 33.8 Å². The van der Waals surface area contributed by atoms with Gasteiger partial charge >= 0.3 is 0 Å². The molecule has 0 aromatic carbocycles. The van der Waals surface area contributed by atoms with E-state index < -0.39 is 0 Å². The Balaban J connectivity index is 2.06. The van der Waals surface area contributed by atoms with E-state index in [-0.39, 0.29) is 0 Å². The maximum atomic E-state index is 5.50. The number of nitrogens with zero attached hydrogens (tertiary/aromatic N) is 2. The second kappa shape index (κ2) is 7.04. The zero-order valence-electron chi connectivity index (χ0n) is 13.2. The lowest BCUT2D eigenvalue weighted by Crippen LogP contribution is -2.38. The van der Waals surface area contributed by atoms with Gasteiger partial charge in [-0.2, -0.15) is 0 Å². The largest absolute Gasteiger partial charge is 0.496 e. The number of pyridine rings is 1. The minimum absolute atomic E-state index is 0.765. The van der Waals surface area contributed by atoms with Crippen LogP contribution >= 0.6 is 0 Å². The molecule has 1 saturated heterocycles. The van der Waals surface area contributed by atoms with Crippen molar-refractivity contribution in [2.24, 2.45) is 5.92 Å². The first kappa shape index (κ1) is 15.3. The van der Waals surface area contributed by atoms with Crippen LogP contribution in [0.3, 0.4) is 0 Å². The Bertz CT molecular complexity index is 446. The van der Waals surface area contributed by atoms with E-state index in [4.69, 9.17) is 4.74 Å². The molecule has 1 aromatic heterocycles. The molecular formula is C16H27N3O. The maximum absolute atomic E-state index is 5.50. The lowest BCUT2D eigenvalue weighted by Gasteiger charge is -2.32. The van der Waals surface area contributed by atoms with Gasteiger partial charge in [0.1, 0.15) is 5.75 Å². The lowest BCUT2D eigenvalue weighted by molar-refractivity contribution is 0.164. The van der Waals surface area contributed by atoms with Crippen molar-refractivity contribution in [3.8, 4) is 5.75 Å². The molecule has 0 bridgehead atoms. The van der Waals surface area contributed by atoms with Crippen LogP contribution in [-0.4, -0.2) is 43.7 Å². The van der Waals surface area contributed by atoms with E-state index in [1.54, 1.807) is 7.11 Å². The topological polar surface area (TPSA) is 37.4 Å². The van der Waals surface area contributed by atoms with Crippen molar-refractivity contribution in [1.82, 2.24) is 15.2 Å². The molecule has 0 spiro atoms. The molecule has 4 nitrogen and oxygen atoms in total. The molecule has 4 heteroatoms. The highest BCUT2D eigenvalue weighted by Gasteiger charge is 2.21. The van der Waals surface area contributed by atoms with E-state index in [1.807, 2.05) is 20.2 Å². The van der Waals surface area contributed by atoms with Crippen LogP contribution in [0.1, 0.15) is 29.7 Å². The highest BCUT2D eigenvalue weighted by molar-refractivity contribution is 5.41. The number of aromatic nitrogens is 1. The van der Waals surface area contributed by atoms with Crippen molar-refractivity contribution < 1.29 is 4.74 Å². The number of nitrogens with one attached hydrogen (secondary N) is 1. The van der Waals surface area contributed by atoms with Crippen molar-refractivity contribution in [1.29, 1.82) is 0 Å². The van der Waals surface area contributed by atoms with E-state index in [2.05, 4.69) is 22.1 Å². The third-order valence-corrected chi connectivity index (χ3v) is 4.22. The predicted molar refractivity (Wildman–Crippen MR) is 82.2 cm³/mol. The van der Waals surface area contributed by atoms with Crippen LogP contribution in [-0.2, 0) is 6.54 Å². The number of aryl methyl sites for hydroxylation is 1. The molecule has 1 aromatic rings. The van der Waals surface area contributed by atoms with Crippen molar-refractivity contribution in [3.05, 3.63) is 23.0 Å². The van der Waals surface area contributed by atoms with Gasteiger partial charge in [0.25, 0.3) is 0 Å². The fraction of sp³-hybridized carbons (Fsp3) is 0.688. The second-order valence-electron chi connectivity index (χ2n) is 5.85. The van der Waals surface area contributed by atoms with Gasteiger partial charge in [-0.1, -0.05) is 0 Å². The van der Waals surface area contributed by atoms with Crippen LogP contribution < -0.4 is 10.1 Å². The van der Waals surface area contributed by atoms with Gasteiger partial charge in [-0.3, -0.25) is 9.88 Å². The molecular weight excluding hydrogens is 250 g/mol. The minimum Gasteiger partial charge on any atom is -0.496 e. The van der Waals surface area contributed by atoms with Crippen LogP contribution in [0.15, 0.2) is 6.20 Å². The van der Waals surface area contributed by atoms with Crippen LogP contribution in [0.2, 0.25) is 0 Å². The molecule has 1 atom stereocenters. The maximum Gasteiger partial charge on any atom is 0.128 e. The summed E-state index contributed by atoms with van der Waals surface area (Å²) in [7, 11) is 3.78. The first-order valence-electron chi connectivity index (χ1n) is 7.51. The van der Waals surface area contributed by atoms with Gasteiger partial charge in [-0.25, -0.2) is 0 Å². The zero-order chi connectivity index (χ0) is 14.5. The van der Waals surface area contributed by atoms with Gasteiger partial charge < -0.3 is 10.1 Å². The van der Waals surface area contributed by atoms with Crippen molar-refractivity contribution in [2.45, 2.75) is 33.2 Å². The Hall–Kier alpha value is -1.13. The van der Waals surface area contributed by atoms with Crippen molar-refractivity contribution >= 4 is 0 Å². The van der Waals surface area contributed by atoms with E-state index >= 15 is 0 Å². The Labute approximate surface area is 122 Å². The predicted octanol–water partition coefficient (Wildman–Crippen LogP) is 2.14. The quantitative estimate of drug-likeness (QED) is 0.895. The molecule has 2 rings (SSSR count). The fourth-order valence-corrected chi connectivity index (χ4v) is 3.19. The lowest BCUT2D eigenvalue weighted by atomic mass is 9.97. The third-order valence-electron chi connectivity index (χ3n) is 4.22. The standard InChI is InChI=1S/C16H27N3O/c1-12-8-18-15(13(2)16(12)20-4)11-19-7-5-6-14(10-19)9-17-3/h8,14,17H,5-7,9-11H2,1-4H3. The summed E-state index contributed by atoms with van der Waals surface area (Å²) >= 11 is 0. The summed E-state index contributed by atoms with van der Waals surface area (Å²) in [6, 6.07) is 0. The molecule has 1 unspecified atom stereocenters. The Morgan fingerprint density at radius 1 is 1.45 bits per heavy atom. The number of hydrogen-bond donors (Lipinski definition) is 1. The summed E-state index contributed by atoms with van der Waals surface area (Å²) in [5.41, 5.74) is 3.45. The van der Waals surface area contributed by atoms with Crippen LogP contribution in [0, 0.1) is 19.8 Å². The number of piperidine rings is 1. The molecule has 1 fully saturated rings. The van der Waals surface area contributed by atoms with E-state index in [0.29, 0.717) is 0 Å². The highest BCUT2D eigenvalue weighted by atomic mass is 16.5. The smallest absolute Gasteiger partial charge is 0.128 e. The molecule has 0 radical (unpaired) electrons. The molecule has 0 aliphatic carbocycles. The highest BCUT2D eigenvalue weighted by Crippen LogP contribution is 2.26. The molecule has 1 aliphatic heterocycles. The van der Waals surface area contributed by atoms with E-state index in [1.165, 1.54) is 24.9 Å². The van der Waals surface area contributed by atoms with Crippen LogP contribution in [0.5, 0.6) is 5.75 Å².